The molecule has 27 heavy (non-hydrogen) atoms. The van der Waals surface area contributed by atoms with Crippen molar-refractivity contribution in [3.63, 3.8) is 0 Å². The Morgan fingerprint density at radius 3 is 2.63 bits per heavy atom. The van der Waals surface area contributed by atoms with Gasteiger partial charge in [-0.15, -0.1) is 5.10 Å². The van der Waals surface area contributed by atoms with Gasteiger partial charge in [0.2, 0.25) is 0 Å². The van der Waals surface area contributed by atoms with Gasteiger partial charge in [0, 0.05) is 26.2 Å². The smallest absolute Gasteiger partial charge is 0.409 e. The highest BCUT2D eigenvalue weighted by Gasteiger charge is 2.25. The Kier molecular flexibility index (Phi) is 4.82. The van der Waals surface area contributed by atoms with E-state index < -0.39 is 0 Å². The van der Waals surface area contributed by atoms with Gasteiger partial charge >= 0.3 is 6.09 Å². The molecule has 4 rings (SSSR count). The van der Waals surface area contributed by atoms with Gasteiger partial charge < -0.3 is 14.5 Å². The number of ether oxygens (including phenoxy) is 1. The van der Waals surface area contributed by atoms with Crippen molar-refractivity contribution in [2.24, 2.45) is 0 Å². The van der Waals surface area contributed by atoms with Crippen LogP contribution in [0.2, 0.25) is 0 Å². The lowest BCUT2D eigenvalue weighted by atomic mass is 10.2. The second-order valence-corrected chi connectivity index (χ2v) is 6.28. The average molecular weight is 367 g/mol. The fourth-order valence-corrected chi connectivity index (χ4v) is 3.19. The summed E-state index contributed by atoms with van der Waals surface area (Å²) in [4.78, 5) is 24.5. The number of rotatable bonds is 4. The first-order chi connectivity index (χ1) is 13.3. The van der Waals surface area contributed by atoms with E-state index in [1.165, 1.54) is 0 Å². The zero-order valence-corrected chi connectivity index (χ0v) is 15.2. The van der Waals surface area contributed by atoms with E-state index in [0.717, 1.165) is 11.4 Å². The Morgan fingerprint density at radius 1 is 1.11 bits per heavy atom. The Morgan fingerprint density at radius 2 is 1.89 bits per heavy atom. The van der Waals surface area contributed by atoms with Crippen molar-refractivity contribution in [3.8, 4) is 0 Å². The number of piperazine rings is 1. The standard InChI is InChI=1S/C18H21N7O2/c1-2-27-18(26)24-10-8-23(9-11-24)16-15-17(20-13-19-16)25(22-21-15)12-14-6-4-3-5-7-14/h3-7,13H,2,8-12H2,1H3. The van der Waals surface area contributed by atoms with Crippen LogP contribution in [0.4, 0.5) is 10.6 Å². The van der Waals surface area contributed by atoms with Crippen molar-refractivity contribution < 1.29 is 9.53 Å². The van der Waals surface area contributed by atoms with E-state index in [1.54, 1.807) is 15.9 Å². The van der Waals surface area contributed by atoms with E-state index in [-0.39, 0.29) is 6.09 Å². The first kappa shape index (κ1) is 17.2. The van der Waals surface area contributed by atoms with Gasteiger partial charge in [0.15, 0.2) is 17.0 Å². The number of carbonyl (C=O) groups excluding carboxylic acids is 1. The highest BCUT2D eigenvalue weighted by atomic mass is 16.6. The topological polar surface area (TPSA) is 89.3 Å². The Bertz CT molecular complexity index is 920. The summed E-state index contributed by atoms with van der Waals surface area (Å²) in [6.07, 6.45) is 1.28. The molecule has 0 radical (unpaired) electrons. The van der Waals surface area contributed by atoms with Crippen LogP contribution in [0.25, 0.3) is 11.2 Å². The summed E-state index contributed by atoms with van der Waals surface area (Å²) >= 11 is 0. The maximum Gasteiger partial charge on any atom is 0.409 e. The molecule has 3 heterocycles. The predicted molar refractivity (Wildman–Crippen MR) is 99.5 cm³/mol. The zero-order chi connectivity index (χ0) is 18.6. The molecule has 140 valence electrons. The van der Waals surface area contributed by atoms with Gasteiger partial charge in [-0.1, -0.05) is 35.5 Å². The number of benzene rings is 1. The first-order valence-corrected chi connectivity index (χ1v) is 9.01. The van der Waals surface area contributed by atoms with Crippen molar-refractivity contribution in [1.82, 2.24) is 29.9 Å². The van der Waals surface area contributed by atoms with E-state index >= 15 is 0 Å². The van der Waals surface area contributed by atoms with Crippen LogP contribution in [0.5, 0.6) is 0 Å². The lowest BCUT2D eigenvalue weighted by Crippen LogP contribution is -2.49. The number of carbonyl (C=O) groups is 1. The number of amides is 1. The third-order valence-corrected chi connectivity index (χ3v) is 4.56. The van der Waals surface area contributed by atoms with Gasteiger partial charge in [0.25, 0.3) is 0 Å². The van der Waals surface area contributed by atoms with Crippen LogP contribution < -0.4 is 4.90 Å². The molecule has 0 N–H and O–H groups in total. The van der Waals surface area contributed by atoms with Crippen LogP contribution in [-0.2, 0) is 11.3 Å². The minimum Gasteiger partial charge on any atom is -0.450 e. The summed E-state index contributed by atoms with van der Waals surface area (Å²) < 4.78 is 6.85. The Labute approximate surface area is 156 Å². The number of aromatic nitrogens is 5. The Balaban J connectivity index is 1.53. The van der Waals surface area contributed by atoms with Gasteiger partial charge in [-0.2, -0.15) is 0 Å². The minimum absolute atomic E-state index is 0.265. The van der Waals surface area contributed by atoms with Crippen LogP contribution in [0, 0.1) is 0 Å². The molecule has 2 aromatic heterocycles. The molecule has 9 heteroatoms. The summed E-state index contributed by atoms with van der Waals surface area (Å²) in [5, 5.41) is 8.58. The highest BCUT2D eigenvalue weighted by Crippen LogP contribution is 2.22. The van der Waals surface area contributed by atoms with Crippen LogP contribution in [-0.4, -0.2) is 68.7 Å². The van der Waals surface area contributed by atoms with Crippen LogP contribution in [0.3, 0.4) is 0 Å². The maximum atomic E-state index is 11.9. The number of hydrogen-bond acceptors (Lipinski definition) is 7. The largest absolute Gasteiger partial charge is 0.450 e. The second-order valence-electron chi connectivity index (χ2n) is 6.28. The molecule has 1 aliphatic rings. The summed E-state index contributed by atoms with van der Waals surface area (Å²) in [7, 11) is 0. The van der Waals surface area contributed by atoms with Crippen molar-refractivity contribution in [2.45, 2.75) is 13.5 Å². The molecule has 3 aromatic rings. The number of anilines is 1. The molecule has 1 fully saturated rings. The second kappa shape index (κ2) is 7.56. The molecule has 1 amide bonds. The SMILES string of the molecule is CCOC(=O)N1CCN(c2ncnc3c2nnn3Cc2ccccc2)CC1. The van der Waals surface area contributed by atoms with Crippen LogP contribution in [0.15, 0.2) is 36.7 Å². The van der Waals surface area contributed by atoms with E-state index in [9.17, 15) is 4.79 Å². The fourth-order valence-electron chi connectivity index (χ4n) is 3.19. The van der Waals surface area contributed by atoms with E-state index in [1.807, 2.05) is 37.3 Å². The van der Waals surface area contributed by atoms with Crippen molar-refractivity contribution in [1.29, 1.82) is 0 Å². The molecular formula is C18H21N7O2. The van der Waals surface area contributed by atoms with Gasteiger partial charge in [-0.3, -0.25) is 0 Å². The highest BCUT2D eigenvalue weighted by molar-refractivity contribution is 5.82. The average Bonchev–Trinajstić information content (AvgIpc) is 3.12. The van der Waals surface area contributed by atoms with E-state index in [2.05, 4.69) is 25.2 Å². The van der Waals surface area contributed by atoms with Gasteiger partial charge in [-0.05, 0) is 12.5 Å². The molecule has 1 aromatic carbocycles. The quantitative estimate of drug-likeness (QED) is 0.691. The normalized spacial score (nSPS) is 14.6. The molecule has 0 unspecified atom stereocenters. The van der Waals surface area contributed by atoms with Crippen LogP contribution >= 0.6 is 0 Å². The fraction of sp³-hybridized carbons (Fsp3) is 0.389. The third kappa shape index (κ3) is 3.53. The molecular weight excluding hydrogens is 346 g/mol. The van der Waals surface area contributed by atoms with Crippen molar-refractivity contribution in [3.05, 3.63) is 42.2 Å². The molecule has 0 aliphatic carbocycles. The van der Waals surface area contributed by atoms with Crippen molar-refractivity contribution in [2.75, 3.05) is 37.7 Å². The van der Waals surface area contributed by atoms with Crippen molar-refractivity contribution >= 4 is 23.1 Å². The zero-order valence-electron chi connectivity index (χ0n) is 15.2. The maximum absolute atomic E-state index is 11.9. The lowest BCUT2D eigenvalue weighted by molar-refractivity contribution is 0.105. The van der Waals surface area contributed by atoms with E-state index in [0.29, 0.717) is 50.5 Å². The number of fused-ring (bicyclic) bond motifs is 1. The third-order valence-electron chi connectivity index (χ3n) is 4.56. The molecule has 9 nitrogen and oxygen atoms in total. The molecule has 0 saturated carbocycles. The van der Waals surface area contributed by atoms with Gasteiger partial charge in [0.05, 0.1) is 13.2 Å². The molecule has 0 bridgehead atoms. The number of hydrogen-bond donors (Lipinski definition) is 0. The van der Waals surface area contributed by atoms with Crippen LogP contribution in [0.1, 0.15) is 12.5 Å². The summed E-state index contributed by atoms with van der Waals surface area (Å²) in [6, 6.07) is 10.1. The molecule has 1 saturated heterocycles. The number of nitrogens with zero attached hydrogens (tertiary/aromatic N) is 7. The minimum atomic E-state index is -0.265. The van der Waals surface area contributed by atoms with Gasteiger partial charge in [-0.25, -0.2) is 19.4 Å². The summed E-state index contributed by atoms with van der Waals surface area (Å²) in [5.41, 5.74) is 2.52. The predicted octanol–water partition coefficient (Wildman–Crippen LogP) is 1.55. The lowest BCUT2D eigenvalue weighted by Gasteiger charge is -2.34. The first-order valence-electron chi connectivity index (χ1n) is 9.01. The Hall–Kier alpha value is -3.23. The summed E-state index contributed by atoms with van der Waals surface area (Å²) in [5.74, 6) is 0.753. The molecule has 0 spiro atoms. The molecule has 1 aliphatic heterocycles. The summed E-state index contributed by atoms with van der Waals surface area (Å²) in [6.45, 7) is 5.29. The van der Waals surface area contributed by atoms with Gasteiger partial charge in [0.1, 0.15) is 6.33 Å². The monoisotopic (exact) mass is 367 g/mol. The van der Waals surface area contributed by atoms with E-state index in [4.69, 9.17) is 4.74 Å². The molecule has 0 atom stereocenters.